The minimum absolute atomic E-state index is 0.218. The molecule has 1 amide bonds. The van der Waals surface area contributed by atoms with Gasteiger partial charge >= 0.3 is 0 Å². The number of carbonyl (C=O) groups is 1. The van der Waals surface area contributed by atoms with Crippen LogP contribution in [0.25, 0.3) is 0 Å². The summed E-state index contributed by atoms with van der Waals surface area (Å²) in [7, 11) is 0. The lowest BCUT2D eigenvalue weighted by Gasteiger charge is -2.48. The molecule has 424 valence electrons. The van der Waals surface area contributed by atoms with Gasteiger partial charge in [-0.2, -0.15) is 0 Å². The number of aliphatic hydroxyl groups is 11. The number of nitrogens with one attached hydrogen (secondary N) is 1. The maximum atomic E-state index is 13.2. The summed E-state index contributed by atoms with van der Waals surface area (Å²) in [5.41, 5.74) is 0. The summed E-state index contributed by atoms with van der Waals surface area (Å²) in [5.74, 6) is -0.304. The second kappa shape index (κ2) is 38.3. The highest BCUT2D eigenvalue weighted by atomic mass is 16.8. The summed E-state index contributed by atoms with van der Waals surface area (Å²) < 4.78 is 34.1. The molecule has 0 aliphatic carbocycles. The monoisotopic (exact) mass is 1050 g/mol. The van der Waals surface area contributed by atoms with E-state index in [4.69, 9.17) is 28.4 Å². The summed E-state index contributed by atoms with van der Waals surface area (Å²) >= 11 is 0. The number of amides is 1. The van der Waals surface area contributed by atoms with Crippen LogP contribution in [0.3, 0.4) is 0 Å². The molecule has 0 radical (unpaired) electrons. The van der Waals surface area contributed by atoms with Crippen molar-refractivity contribution < 1.29 is 89.4 Å². The van der Waals surface area contributed by atoms with Crippen LogP contribution < -0.4 is 5.32 Å². The van der Waals surface area contributed by atoms with Gasteiger partial charge in [0.05, 0.1) is 38.6 Å². The van der Waals surface area contributed by atoms with Crippen LogP contribution in [0.4, 0.5) is 0 Å². The van der Waals surface area contributed by atoms with E-state index in [0.29, 0.717) is 12.8 Å². The highest BCUT2D eigenvalue weighted by molar-refractivity contribution is 5.76. The topological polar surface area (TPSA) is 307 Å². The van der Waals surface area contributed by atoms with Crippen molar-refractivity contribution in [2.75, 3.05) is 26.4 Å². The Kier molecular flexibility index (Phi) is 34.1. The van der Waals surface area contributed by atoms with E-state index in [1.165, 1.54) is 57.8 Å². The second-order valence-electron chi connectivity index (χ2n) is 19.7. The Morgan fingerprint density at radius 2 is 0.918 bits per heavy atom. The predicted molar refractivity (Wildman–Crippen MR) is 272 cm³/mol. The number of unbranched alkanes of at least 4 members (excludes halogenated alkanes) is 16. The average Bonchev–Trinajstić information content (AvgIpc) is 3.39. The molecule has 0 aromatic carbocycles. The third-order valence-corrected chi connectivity index (χ3v) is 13.6. The van der Waals surface area contributed by atoms with Gasteiger partial charge in [-0.25, -0.2) is 0 Å². The van der Waals surface area contributed by atoms with E-state index >= 15 is 0 Å². The molecule has 19 heteroatoms. The number of rotatable bonds is 38. The molecule has 19 nitrogen and oxygen atoms in total. The number of allylic oxidation sites excluding steroid dienone is 7. The number of hydrogen-bond donors (Lipinski definition) is 12. The van der Waals surface area contributed by atoms with Gasteiger partial charge in [-0.05, 0) is 64.2 Å². The van der Waals surface area contributed by atoms with Crippen LogP contribution in [0.15, 0.2) is 48.6 Å². The van der Waals surface area contributed by atoms with E-state index < -0.39 is 124 Å². The fraction of sp³-hybridized carbons (Fsp3) is 0.833. The van der Waals surface area contributed by atoms with Gasteiger partial charge in [0.15, 0.2) is 18.9 Å². The van der Waals surface area contributed by atoms with Gasteiger partial charge in [0, 0.05) is 6.42 Å². The van der Waals surface area contributed by atoms with E-state index in [0.717, 1.165) is 64.2 Å². The SMILES string of the molecule is CCCCC/C=C\C/C=C\CCCCCCCC(=O)NC(COC1OC(CO)C(OC2OC(CO)C(OC3OC(CO)C(O)C(O)C3O)C(O)C2O)C(O)C1O)C(O)/C=C/CC/C=C/CCCCCCCCC. The predicted octanol–water partition coefficient (Wildman–Crippen LogP) is 3.14. The fourth-order valence-corrected chi connectivity index (χ4v) is 9.00. The Morgan fingerprint density at radius 3 is 1.48 bits per heavy atom. The number of carbonyl (C=O) groups excluding carboxylic acids is 1. The van der Waals surface area contributed by atoms with Crippen molar-refractivity contribution in [2.24, 2.45) is 0 Å². The molecule has 0 bridgehead atoms. The van der Waals surface area contributed by atoms with Crippen molar-refractivity contribution in [3.8, 4) is 0 Å². The van der Waals surface area contributed by atoms with Gasteiger partial charge in [-0.1, -0.05) is 133 Å². The molecule has 0 spiro atoms. The number of ether oxygens (including phenoxy) is 6. The first-order valence-corrected chi connectivity index (χ1v) is 27.4. The van der Waals surface area contributed by atoms with Gasteiger partial charge in [0.1, 0.15) is 73.2 Å². The van der Waals surface area contributed by atoms with E-state index in [-0.39, 0.29) is 18.9 Å². The molecular formula is C54H95NO18. The van der Waals surface area contributed by atoms with Crippen LogP contribution in [-0.2, 0) is 33.2 Å². The van der Waals surface area contributed by atoms with Crippen LogP contribution in [0, 0.1) is 0 Å². The van der Waals surface area contributed by atoms with Crippen LogP contribution in [0.1, 0.15) is 155 Å². The van der Waals surface area contributed by atoms with Crippen LogP contribution in [0.5, 0.6) is 0 Å². The molecule has 3 saturated heterocycles. The van der Waals surface area contributed by atoms with Crippen molar-refractivity contribution in [2.45, 2.75) is 259 Å². The zero-order chi connectivity index (χ0) is 53.4. The fourth-order valence-electron chi connectivity index (χ4n) is 9.00. The number of aliphatic hydroxyl groups excluding tert-OH is 11. The van der Waals surface area contributed by atoms with E-state index in [1.807, 2.05) is 6.08 Å². The number of hydrogen-bond acceptors (Lipinski definition) is 18. The first kappa shape index (κ1) is 65.0. The lowest BCUT2D eigenvalue weighted by Crippen LogP contribution is -2.66. The molecule has 0 aromatic rings. The first-order chi connectivity index (χ1) is 35.3. The molecule has 3 heterocycles. The Hall–Kier alpha value is -2.25. The summed E-state index contributed by atoms with van der Waals surface area (Å²) in [6.07, 6.45) is 12.5. The Bertz CT molecular complexity index is 1530. The third kappa shape index (κ3) is 23.5. The van der Waals surface area contributed by atoms with Crippen molar-refractivity contribution in [1.82, 2.24) is 5.32 Å². The van der Waals surface area contributed by atoms with Gasteiger partial charge < -0.3 is 89.9 Å². The van der Waals surface area contributed by atoms with Crippen molar-refractivity contribution in [3.05, 3.63) is 48.6 Å². The van der Waals surface area contributed by atoms with E-state index in [9.17, 15) is 61.0 Å². The van der Waals surface area contributed by atoms with E-state index in [2.05, 4.69) is 55.6 Å². The maximum Gasteiger partial charge on any atom is 0.220 e. The molecule has 17 atom stereocenters. The molecule has 17 unspecified atom stereocenters. The largest absolute Gasteiger partial charge is 0.394 e. The summed E-state index contributed by atoms with van der Waals surface area (Å²) in [4.78, 5) is 13.2. The highest BCUT2D eigenvalue weighted by Crippen LogP contribution is 2.33. The molecule has 0 saturated carbocycles. The molecule has 73 heavy (non-hydrogen) atoms. The molecule has 3 aliphatic rings. The van der Waals surface area contributed by atoms with Crippen LogP contribution >= 0.6 is 0 Å². The van der Waals surface area contributed by atoms with E-state index in [1.54, 1.807) is 6.08 Å². The highest BCUT2D eigenvalue weighted by Gasteiger charge is 2.53. The van der Waals surface area contributed by atoms with Gasteiger partial charge in [0.2, 0.25) is 5.91 Å². The van der Waals surface area contributed by atoms with Gasteiger partial charge in [-0.3, -0.25) is 4.79 Å². The molecule has 3 fully saturated rings. The van der Waals surface area contributed by atoms with Crippen molar-refractivity contribution in [3.63, 3.8) is 0 Å². The Balaban J connectivity index is 1.56. The Morgan fingerprint density at radius 1 is 0.493 bits per heavy atom. The normalized spacial score (nSPS) is 32.1. The minimum Gasteiger partial charge on any atom is -0.394 e. The molecule has 0 aromatic heterocycles. The lowest BCUT2D eigenvalue weighted by atomic mass is 9.96. The minimum atomic E-state index is -1.98. The molecular weight excluding hydrogens is 951 g/mol. The van der Waals surface area contributed by atoms with Crippen LogP contribution in [-0.4, -0.2) is 193 Å². The Labute approximate surface area is 433 Å². The quantitative estimate of drug-likeness (QED) is 0.0312. The molecule has 12 N–H and O–H groups in total. The first-order valence-electron chi connectivity index (χ1n) is 27.4. The smallest absolute Gasteiger partial charge is 0.220 e. The zero-order valence-corrected chi connectivity index (χ0v) is 43.6. The molecule has 3 aliphatic heterocycles. The summed E-state index contributed by atoms with van der Waals surface area (Å²) in [6.45, 7) is 1.61. The molecule has 3 rings (SSSR count). The lowest BCUT2D eigenvalue weighted by molar-refractivity contribution is -0.379. The van der Waals surface area contributed by atoms with Crippen molar-refractivity contribution >= 4 is 5.91 Å². The second-order valence-corrected chi connectivity index (χ2v) is 19.7. The maximum absolute atomic E-state index is 13.2. The summed E-state index contributed by atoms with van der Waals surface area (Å²) in [6, 6.07) is -0.995. The third-order valence-electron chi connectivity index (χ3n) is 13.6. The zero-order valence-electron chi connectivity index (χ0n) is 43.6. The summed E-state index contributed by atoms with van der Waals surface area (Å²) in [5, 5.41) is 120. The van der Waals surface area contributed by atoms with Gasteiger partial charge in [0.25, 0.3) is 0 Å². The average molecular weight is 1050 g/mol. The van der Waals surface area contributed by atoms with Crippen LogP contribution in [0.2, 0.25) is 0 Å². The van der Waals surface area contributed by atoms with Gasteiger partial charge in [-0.15, -0.1) is 0 Å². The van der Waals surface area contributed by atoms with Crippen molar-refractivity contribution in [1.29, 1.82) is 0 Å². The standard InChI is InChI=1S/C54H95NO18/c1-3-5-7-9-11-13-15-17-18-20-22-24-26-28-30-32-42(60)55-37(38(59)31-29-27-25-23-21-19-16-14-12-10-8-6-4-2)36-68-52-48(66)45(63)50(40(34-57)70-52)73-54-49(67)46(64)51(41(35-58)71-54)72-53-47(65)44(62)43(61)39(33-56)69-53/h11,13,17-18,21,23,29,31,37-41,43-54,56-59,61-67H,3-10,12,14-16,19-20,22,24-28,30,32-36H2,1-2H3,(H,55,60)/b13-11-,18-17-,23-21+,31-29+.